The normalized spacial score (nSPS) is 20.5. The van der Waals surface area contributed by atoms with Crippen LogP contribution < -0.4 is 10.6 Å². The predicted octanol–water partition coefficient (Wildman–Crippen LogP) is 2.65. The minimum Gasteiger partial charge on any atom is -0.352 e. The van der Waals surface area contributed by atoms with E-state index in [9.17, 15) is 36.0 Å². The number of halogens is 3. The van der Waals surface area contributed by atoms with Crippen molar-refractivity contribution in [2.45, 2.75) is 57.3 Å². The summed E-state index contributed by atoms with van der Waals surface area (Å²) >= 11 is 0. The molecule has 2 N–H and O–H groups in total. The number of amidine groups is 1. The van der Waals surface area contributed by atoms with Crippen molar-refractivity contribution in [1.82, 2.24) is 19.8 Å². The first kappa shape index (κ1) is 31.6. The number of carbonyl (C=O) groups excluding carboxylic acids is 3. The van der Waals surface area contributed by atoms with Gasteiger partial charge in [-0.05, 0) is 68.0 Å². The Hall–Kier alpha value is -3.78. The molecule has 1 spiro atoms. The van der Waals surface area contributed by atoms with Gasteiger partial charge in [-0.25, -0.2) is 12.7 Å². The van der Waals surface area contributed by atoms with E-state index in [1.54, 1.807) is 23.1 Å². The van der Waals surface area contributed by atoms with Gasteiger partial charge in [0.05, 0.1) is 11.3 Å². The van der Waals surface area contributed by atoms with Crippen molar-refractivity contribution >= 4 is 33.6 Å². The topological polar surface area (TPSA) is 128 Å². The molecule has 0 unspecified atom stereocenters. The van der Waals surface area contributed by atoms with Crippen molar-refractivity contribution in [2.24, 2.45) is 4.99 Å². The number of carbonyl (C=O) groups is 3. The molecule has 44 heavy (non-hydrogen) atoms. The van der Waals surface area contributed by atoms with Crippen molar-refractivity contribution in [3.05, 3.63) is 70.3 Å². The molecule has 0 bridgehead atoms. The Bertz CT molecular complexity index is 1620. The highest BCUT2D eigenvalue weighted by atomic mass is 32.2. The third kappa shape index (κ3) is 6.65. The van der Waals surface area contributed by atoms with E-state index in [2.05, 4.69) is 15.6 Å². The predicted molar refractivity (Wildman–Crippen MR) is 156 cm³/mol. The van der Waals surface area contributed by atoms with Gasteiger partial charge in [-0.3, -0.25) is 19.4 Å². The molecule has 236 valence electrons. The molecular formula is C30H34F3N5O5S. The number of hydrogen-bond acceptors (Lipinski definition) is 6. The zero-order valence-corrected chi connectivity index (χ0v) is 25.2. The fourth-order valence-electron chi connectivity index (χ4n) is 5.98. The zero-order valence-electron chi connectivity index (χ0n) is 24.4. The van der Waals surface area contributed by atoms with Gasteiger partial charge < -0.3 is 15.5 Å². The van der Waals surface area contributed by atoms with E-state index < -0.39 is 33.2 Å². The Balaban J connectivity index is 1.18. The second-order valence-corrected chi connectivity index (χ2v) is 13.7. The van der Waals surface area contributed by atoms with Gasteiger partial charge in [0.1, 0.15) is 11.4 Å². The average Bonchev–Trinajstić information content (AvgIpc) is 3.55. The first-order valence-corrected chi connectivity index (χ1v) is 16.0. The van der Waals surface area contributed by atoms with Crippen LogP contribution in [0.25, 0.3) is 0 Å². The molecule has 0 saturated carbocycles. The molecule has 3 amide bonds. The van der Waals surface area contributed by atoms with Crippen molar-refractivity contribution in [3.8, 4) is 0 Å². The number of piperidine rings is 1. The molecule has 0 aromatic heterocycles. The number of nitrogens with one attached hydrogen (secondary N) is 2. The summed E-state index contributed by atoms with van der Waals surface area (Å²) in [7, 11) is -3.69. The van der Waals surface area contributed by atoms with Crippen molar-refractivity contribution in [1.29, 1.82) is 0 Å². The lowest BCUT2D eigenvalue weighted by Gasteiger charge is -2.34. The third-order valence-corrected chi connectivity index (χ3v) is 10.4. The molecule has 14 heteroatoms. The maximum absolute atomic E-state index is 13.2. The molecule has 0 aliphatic carbocycles. The van der Waals surface area contributed by atoms with Crippen LogP contribution in [0, 0.1) is 6.92 Å². The van der Waals surface area contributed by atoms with Gasteiger partial charge in [-0.2, -0.15) is 13.2 Å². The van der Waals surface area contributed by atoms with E-state index in [0.717, 1.165) is 23.3 Å². The van der Waals surface area contributed by atoms with Gasteiger partial charge in [0.2, 0.25) is 15.9 Å². The van der Waals surface area contributed by atoms with E-state index in [1.165, 1.54) is 23.4 Å². The summed E-state index contributed by atoms with van der Waals surface area (Å²) in [6, 6.07) is 9.68. The Labute approximate surface area is 253 Å². The smallest absolute Gasteiger partial charge is 0.352 e. The molecule has 3 aliphatic heterocycles. The van der Waals surface area contributed by atoms with Crippen LogP contribution in [0.15, 0.2) is 47.5 Å². The highest BCUT2D eigenvalue weighted by Gasteiger charge is 2.47. The minimum absolute atomic E-state index is 0.0482. The second kappa shape index (κ2) is 12.0. The van der Waals surface area contributed by atoms with E-state index in [4.69, 9.17) is 0 Å². The number of aryl methyl sites for hydroxylation is 2. The molecule has 5 rings (SSSR count). The summed E-state index contributed by atoms with van der Waals surface area (Å²) in [5.41, 5.74) is 0.138. The van der Waals surface area contributed by atoms with E-state index >= 15 is 0 Å². The molecule has 2 aromatic carbocycles. The molecular weight excluding hydrogens is 599 g/mol. The Morgan fingerprint density at radius 3 is 2.50 bits per heavy atom. The van der Waals surface area contributed by atoms with Gasteiger partial charge >= 0.3 is 6.18 Å². The van der Waals surface area contributed by atoms with E-state index in [-0.39, 0.29) is 67.4 Å². The molecule has 0 radical (unpaired) electrons. The second-order valence-electron chi connectivity index (χ2n) is 11.6. The lowest BCUT2D eigenvalue weighted by molar-refractivity contribution is -0.137. The lowest BCUT2D eigenvalue weighted by atomic mass is 9.89. The van der Waals surface area contributed by atoms with Crippen LogP contribution in [0.3, 0.4) is 0 Å². The molecule has 3 heterocycles. The van der Waals surface area contributed by atoms with Gasteiger partial charge in [0.25, 0.3) is 11.8 Å². The van der Waals surface area contributed by atoms with Crippen LogP contribution in [-0.2, 0) is 32.2 Å². The van der Waals surface area contributed by atoms with Crippen LogP contribution in [-0.4, -0.2) is 84.7 Å². The molecule has 1 atom stereocenters. The molecule has 10 nitrogen and oxygen atoms in total. The van der Waals surface area contributed by atoms with Crippen molar-refractivity contribution in [2.75, 3.05) is 31.9 Å². The minimum atomic E-state index is -4.54. The monoisotopic (exact) mass is 633 g/mol. The largest absolute Gasteiger partial charge is 0.416 e. The van der Waals surface area contributed by atoms with Gasteiger partial charge in [-0.15, -0.1) is 0 Å². The quantitative estimate of drug-likeness (QED) is 0.485. The van der Waals surface area contributed by atoms with E-state index in [1.807, 2.05) is 6.92 Å². The van der Waals surface area contributed by atoms with Crippen LogP contribution in [0.5, 0.6) is 0 Å². The molecule has 2 saturated heterocycles. The summed E-state index contributed by atoms with van der Waals surface area (Å²) in [6.07, 6.45) is -3.41. The Morgan fingerprint density at radius 1 is 1.11 bits per heavy atom. The van der Waals surface area contributed by atoms with Crippen molar-refractivity contribution in [3.63, 3.8) is 0 Å². The summed E-state index contributed by atoms with van der Waals surface area (Å²) in [4.78, 5) is 43.3. The zero-order chi connectivity index (χ0) is 31.9. The first-order chi connectivity index (χ1) is 20.7. The summed E-state index contributed by atoms with van der Waals surface area (Å²) in [5, 5.41) is 5.42. The summed E-state index contributed by atoms with van der Waals surface area (Å²) in [6.45, 7) is 4.35. The Kier molecular flexibility index (Phi) is 8.60. The van der Waals surface area contributed by atoms with Gasteiger partial charge in [0, 0.05) is 50.3 Å². The standard InChI is InChI=1S/C30H34F3N5O5S/c1-19-16-23(27(40)37-12-8-25(18-37)34-20(2)39)7-6-21(19)9-15-44(42,43)38-13-10-29(11-14-38)28(41)35-26(36-29)22-4-3-5-24(17-22)30(31,32)33/h3-7,16-17,25H,8-15,18H2,1-2H3,(H,34,39)(H,35,36,41)/t25-/m1/s1. The molecule has 2 fully saturated rings. The van der Waals surface area contributed by atoms with Gasteiger partial charge in [0.15, 0.2) is 0 Å². The van der Waals surface area contributed by atoms with Crippen molar-refractivity contribution < 1.29 is 36.0 Å². The number of likely N-dealkylation sites (tertiary alicyclic amines) is 1. The fraction of sp³-hybridized carbons (Fsp3) is 0.467. The van der Waals surface area contributed by atoms with E-state index in [0.29, 0.717) is 25.1 Å². The number of amides is 3. The molecule has 2 aromatic rings. The summed E-state index contributed by atoms with van der Waals surface area (Å²) in [5.74, 6) is -0.843. The summed E-state index contributed by atoms with van der Waals surface area (Å²) < 4.78 is 67.3. The van der Waals surface area contributed by atoms with Crippen LogP contribution in [0.1, 0.15) is 58.8 Å². The van der Waals surface area contributed by atoms with Gasteiger partial charge in [-0.1, -0.05) is 18.2 Å². The first-order valence-electron chi connectivity index (χ1n) is 14.4. The van der Waals surface area contributed by atoms with Crippen LogP contribution >= 0.6 is 0 Å². The molecule has 3 aliphatic rings. The number of rotatable bonds is 7. The lowest BCUT2D eigenvalue weighted by Crippen LogP contribution is -2.50. The maximum Gasteiger partial charge on any atom is 0.416 e. The average molecular weight is 634 g/mol. The number of nitrogens with zero attached hydrogens (tertiary/aromatic N) is 3. The number of alkyl halides is 3. The number of hydrogen-bond donors (Lipinski definition) is 2. The Morgan fingerprint density at radius 2 is 1.84 bits per heavy atom. The number of benzene rings is 2. The van der Waals surface area contributed by atoms with Crippen LogP contribution in [0.2, 0.25) is 0 Å². The fourth-order valence-corrected chi connectivity index (χ4v) is 7.45. The highest BCUT2D eigenvalue weighted by molar-refractivity contribution is 7.89. The SMILES string of the molecule is CC(=O)N[C@@H]1CCN(C(=O)c2ccc(CCS(=O)(=O)N3CCC4(CC3)N=C(c3cccc(C(F)(F)F)c3)NC4=O)c(C)c2)C1. The van der Waals surface area contributed by atoms with Crippen LogP contribution in [0.4, 0.5) is 13.2 Å². The number of aliphatic imine (C=N–C) groups is 1. The maximum atomic E-state index is 13.2. The number of sulfonamides is 1. The third-order valence-electron chi connectivity index (χ3n) is 8.49. The highest BCUT2D eigenvalue weighted by Crippen LogP contribution is 2.34.